The molecule has 1 aromatic rings. The molecule has 0 aliphatic rings. The summed E-state index contributed by atoms with van der Waals surface area (Å²) >= 11 is 4.46. The Labute approximate surface area is 132 Å². The van der Waals surface area contributed by atoms with E-state index in [0.717, 1.165) is 28.2 Å². The zero-order valence-corrected chi connectivity index (χ0v) is 14.1. The maximum atomic E-state index is 11.7. The number of benzene rings is 1. The Bertz CT molecular complexity index is 546. The van der Waals surface area contributed by atoms with Gasteiger partial charge in [-0.25, -0.2) is 0 Å². The van der Waals surface area contributed by atoms with E-state index in [1.54, 1.807) is 13.2 Å². The van der Waals surface area contributed by atoms with Gasteiger partial charge in [0.1, 0.15) is 11.6 Å². The number of halogens is 1. The Morgan fingerprint density at radius 1 is 1.45 bits per heavy atom. The van der Waals surface area contributed by atoms with Crippen molar-refractivity contribution in [3.8, 4) is 6.07 Å². The third-order valence-corrected chi connectivity index (χ3v) is 4.05. The van der Waals surface area contributed by atoms with Crippen LogP contribution in [0.2, 0.25) is 0 Å². The zero-order valence-electron chi connectivity index (χ0n) is 11.7. The van der Waals surface area contributed by atoms with E-state index in [0.29, 0.717) is 5.70 Å². The minimum absolute atomic E-state index is 0.0844. The fraction of sp³-hybridized carbons (Fsp3) is 0.333. The van der Waals surface area contributed by atoms with Crippen LogP contribution in [-0.4, -0.2) is 11.4 Å². The highest BCUT2D eigenvalue weighted by Gasteiger charge is 2.15. The molecule has 0 amide bonds. The lowest BCUT2D eigenvalue weighted by Gasteiger charge is -2.20. The third kappa shape index (κ3) is 4.39. The van der Waals surface area contributed by atoms with Crippen LogP contribution in [0.3, 0.4) is 0 Å². The minimum Gasteiger partial charge on any atom is -0.381 e. The van der Waals surface area contributed by atoms with Crippen LogP contribution in [-0.2, 0) is 4.79 Å². The molecule has 106 valence electrons. The third-order valence-electron chi connectivity index (χ3n) is 2.95. The Morgan fingerprint density at radius 3 is 2.50 bits per heavy atom. The Balaban J connectivity index is 2.98. The average Bonchev–Trinajstić information content (AvgIpc) is 2.46. The van der Waals surface area contributed by atoms with Gasteiger partial charge in [-0.3, -0.25) is 4.79 Å². The van der Waals surface area contributed by atoms with E-state index in [2.05, 4.69) is 28.2 Å². The fourth-order valence-corrected chi connectivity index (χ4v) is 2.50. The maximum absolute atomic E-state index is 11.7. The number of allylic oxidation sites excluding steroid dienone is 1. The van der Waals surface area contributed by atoms with Gasteiger partial charge >= 0.3 is 0 Å². The molecule has 5 heteroatoms. The lowest BCUT2D eigenvalue weighted by Crippen LogP contribution is -2.21. The minimum atomic E-state index is -0.205. The van der Waals surface area contributed by atoms with E-state index in [9.17, 15) is 4.79 Å². The number of nitrogens with one attached hydrogen (secondary N) is 1. The van der Waals surface area contributed by atoms with E-state index in [4.69, 9.17) is 5.26 Å². The molecule has 1 unspecified atom stereocenters. The second-order valence-corrected chi connectivity index (χ2v) is 5.95. The molecular weight excluding hydrogens is 336 g/mol. The molecule has 1 rings (SSSR count). The van der Waals surface area contributed by atoms with E-state index >= 15 is 0 Å². The molecule has 0 saturated heterocycles. The molecule has 1 atom stereocenters. The molecule has 3 nitrogen and oxygen atoms in total. The lowest BCUT2D eigenvalue weighted by molar-refractivity contribution is -0.107. The largest absolute Gasteiger partial charge is 0.381 e. The van der Waals surface area contributed by atoms with Crippen molar-refractivity contribution in [2.45, 2.75) is 26.3 Å². The van der Waals surface area contributed by atoms with E-state index in [1.807, 2.05) is 30.3 Å². The van der Waals surface area contributed by atoms with Crippen LogP contribution in [0.1, 0.15) is 31.9 Å². The first kappa shape index (κ1) is 16.8. The Morgan fingerprint density at radius 2 is 2.05 bits per heavy atom. The van der Waals surface area contributed by atoms with Crippen molar-refractivity contribution < 1.29 is 4.79 Å². The van der Waals surface area contributed by atoms with Crippen molar-refractivity contribution in [1.29, 1.82) is 5.26 Å². The number of hydrogen-bond donors (Lipinski definition) is 1. The van der Waals surface area contributed by atoms with Crippen molar-refractivity contribution in [1.82, 2.24) is 5.32 Å². The van der Waals surface area contributed by atoms with Crippen LogP contribution >= 0.6 is 27.7 Å². The molecule has 0 aliphatic carbocycles. The summed E-state index contributed by atoms with van der Waals surface area (Å²) in [5.41, 5.74) is 1.94. The topological polar surface area (TPSA) is 52.9 Å². The predicted octanol–water partition coefficient (Wildman–Crippen LogP) is 4.18. The smallest absolute Gasteiger partial charge is 0.231 e. The van der Waals surface area contributed by atoms with E-state index in [-0.39, 0.29) is 16.7 Å². The molecule has 20 heavy (non-hydrogen) atoms. The average molecular weight is 353 g/mol. The highest BCUT2D eigenvalue weighted by molar-refractivity contribution is 9.10. The quantitative estimate of drug-likeness (QED) is 0.637. The first-order chi connectivity index (χ1) is 9.53. The van der Waals surface area contributed by atoms with Crippen LogP contribution in [0, 0.1) is 11.3 Å². The van der Waals surface area contributed by atoms with Crippen molar-refractivity contribution in [2.75, 3.05) is 6.26 Å². The SMILES string of the molecule is CCC(NC(C)=C(C#N)C(=O)SC)c1ccc(Br)cc1. The van der Waals surface area contributed by atoms with Crippen molar-refractivity contribution >= 4 is 32.8 Å². The molecule has 0 saturated carbocycles. The van der Waals surface area contributed by atoms with Gasteiger partial charge < -0.3 is 5.32 Å². The number of carbonyl (C=O) groups is 1. The number of nitrogens with zero attached hydrogens (tertiary/aromatic N) is 1. The van der Waals surface area contributed by atoms with E-state index < -0.39 is 0 Å². The van der Waals surface area contributed by atoms with Crippen LogP contribution in [0.25, 0.3) is 0 Å². The number of nitriles is 1. The van der Waals surface area contributed by atoms with Gasteiger partial charge in [0.15, 0.2) is 0 Å². The van der Waals surface area contributed by atoms with Crippen LogP contribution < -0.4 is 5.32 Å². The number of rotatable bonds is 5. The van der Waals surface area contributed by atoms with Gasteiger partial charge in [0, 0.05) is 10.2 Å². The number of hydrogen-bond acceptors (Lipinski definition) is 4. The number of thioether (sulfide) groups is 1. The van der Waals surface area contributed by atoms with E-state index in [1.165, 1.54) is 0 Å². The summed E-state index contributed by atoms with van der Waals surface area (Å²) in [7, 11) is 0. The van der Waals surface area contributed by atoms with Crippen LogP contribution in [0.4, 0.5) is 0 Å². The van der Waals surface area contributed by atoms with Gasteiger partial charge in [-0.15, -0.1) is 0 Å². The molecule has 0 spiro atoms. The summed E-state index contributed by atoms with van der Waals surface area (Å²) in [6.07, 6.45) is 2.55. The molecule has 0 heterocycles. The first-order valence-electron chi connectivity index (χ1n) is 6.24. The number of carbonyl (C=O) groups excluding carboxylic acids is 1. The highest BCUT2D eigenvalue weighted by Crippen LogP contribution is 2.21. The molecule has 0 radical (unpaired) electrons. The van der Waals surface area contributed by atoms with Gasteiger partial charge in [-0.2, -0.15) is 5.26 Å². The molecule has 0 bridgehead atoms. The predicted molar refractivity (Wildman–Crippen MR) is 87.1 cm³/mol. The molecule has 0 fully saturated rings. The summed E-state index contributed by atoms with van der Waals surface area (Å²) in [6.45, 7) is 3.84. The summed E-state index contributed by atoms with van der Waals surface area (Å²) in [5.74, 6) is 0. The van der Waals surface area contributed by atoms with Crippen LogP contribution in [0.5, 0.6) is 0 Å². The summed E-state index contributed by atoms with van der Waals surface area (Å²) < 4.78 is 1.03. The zero-order chi connectivity index (χ0) is 15.1. The highest BCUT2D eigenvalue weighted by atomic mass is 79.9. The summed E-state index contributed by atoms with van der Waals surface area (Å²) in [6, 6.07) is 10.1. The first-order valence-corrected chi connectivity index (χ1v) is 8.26. The molecule has 1 N–H and O–H groups in total. The van der Waals surface area contributed by atoms with Crippen LogP contribution in [0.15, 0.2) is 40.0 Å². The maximum Gasteiger partial charge on any atom is 0.231 e. The van der Waals surface area contributed by atoms with Gasteiger partial charge in [-0.05, 0) is 37.3 Å². The monoisotopic (exact) mass is 352 g/mol. The van der Waals surface area contributed by atoms with Gasteiger partial charge in [-0.1, -0.05) is 46.7 Å². The van der Waals surface area contributed by atoms with Gasteiger partial charge in [0.05, 0.1) is 6.04 Å². The Kier molecular flexibility index (Phi) is 6.83. The second kappa shape index (κ2) is 8.13. The standard InChI is InChI=1S/C15H17BrN2OS/c1-4-14(11-5-7-12(16)8-6-11)18-10(2)13(9-17)15(19)20-3/h5-8,14,18H,4H2,1-3H3. The van der Waals surface area contributed by atoms with Gasteiger partial charge in [0.2, 0.25) is 5.12 Å². The summed E-state index contributed by atoms with van der Waals surface area (Å²) in [5, 5.41) is 12.2. The molecular formula is C15H17BrN2OS. The van der Waals surface area contributed by atoms with Crippen molar-refractivity contribution in [3.63, 3.8) is 0 Å². The van der Waals surface area contributed by atoms with Crippen molar-refractivity contribution in [2.24, 2.45) is 0 Å². The molecule has 1 aromatic carbocycles. The van der Waals surface area contributed by atoms with Gasteiger partial charge in [0.25, 0.3) is 0 Å². The molecule has 0 aromatic heterocycles. The molecule has 0 aliphatic heterocycles. The summed E-state index contributed by atoms with van der Waals surface area (Å²) in [4.78, 5) is 11.7. The Hall–Kier alpha value is -1.25. The second-order valence-electron chi connectivity index (χ2n) is 4.26. The normalized spacial score (nSPS) is 13.2. The fourth-order valence-electron chi connectivity index (χ4n) is 1.83. The van der Waals surface area contributed by atoms with Crippen molar-refractivity contribution in [3.05, 3.63) is 45.6 Å². The lowest BCUT2D eigenvalue weighted by atomic mass is 10.0.